The molecular formula is C21H19N5O. The van der Waals surface area contributed by atoms with Gasteiger partial charge in [-0.2, -0.15) is 4.98 Å². The Morgan fingerprint density at radius 1 is 1.00 bits per heavy atom. The van der Waals surface area contributed by atoms with Gasteiger partial charge in [-0.1, -0.05) is 48.5 Å². The molecule has 4 rings (SSSR count). The van der Waals surface area contributed by atoms with Crippen LogP contribution < -0.4 is 4.90 Å². The van der Waals surface area contributed by atoms with Gasteiger partial charge in [-0.05, 0) is 37.1 Å². The van der Waals surface area contributed by atoms with Crippen LogP contribution in [-0.4, -0.2) is 32.0 Å². The standard InChI is InChI=1S/C21H19N5O/c1-16-12-14-22-21-23-19(24-26(16)21)20(27)25(18-10-6-3-7-11-18)15-13-17-8-4-2-5-9-17/h2-12,14H,13,15H2,1H3. The van der Waals surface area contributed by atoms with E-state index in [9.17, 15) is 4.79 Å². The number of benzene rings is 2. The van der Waals surface area contributed by atoms with Gasteiger partial charge in [-0.25, -0.2) is 9.50 Å². The van der Waals surface area contributed by atoms with E-state index in [1.165, 1.54) is 5.56 Å². The zero-order valence-corrected chi connectivity index (χ0v) is 15.0. The van der Waals surface area contributed by atoms with E-state index in [-0.39, 0.29) is 11.7 Å². The summed E-state index contributed by atoms with van der Waals surface area (Å²) in [7, 11) is 0. The van der Waals surface area contributed by atoms with E-state index in [0.717, 1.165) is 17.8 Å². The predicted molar refractivity (Wildman–Crippen MR) is 104 cm³/mol. The average molecular weight is 357 g/mol. The fourth-order valence-corrected chi connectivity index (χ4v) is 2.96. The number of amides is 1. The fourth-order valence-electron chi connectivity index (χ4n) is 2.96. The van der Waals surface area contributed by atoms with Crippen molar-refractivity contribution in [2.24, 2.45) is 0 Å². The van der Waals surface area contributed by atoms with Crippen LogP contribution in [0.2, 0.25) is 0 Å². The van der Waals surface area contributed by atoms with Crippen LogP contribution in [0.4, 0.5) is 5.69 Å². The van der Waals surface area contributed by atoms with Gasteiger partial charge in [0.25, 0.3) is 11.7 Å². The normalized spacial score (nSPS) is 10.9. The Balaban J connectivity index is 1.66. The molecule has 1 amide bonds. The molecule has 0 bridgehead atoms. The average Bonchev–Trinajstić information content (AvgIpc) is 3.15. The third-order valence-electron chi connectivity index (χ3n) is 4.40. The van der Waals surface area contributed by atoms with Gasteiger partial charge < -0.3 is 4.90 Å². The number of nitrogens with zero attached hydrogens (tertiary/aromatic N) is 5. The Kier molecular flexibility index (Phi) is 4.61. The van der Waals surface area contributed by atoms with Crippen molar-refractivity contribution in [3.8, 4) is 0 Å². The molecule has 2 aromatic carbocycles. The third-order valence-corrected chi connectivity index (χ3v) is 4.40. The molecule has 27 heavy (non-hydrogen) atoms. The highest BCUT2D eigenvalue weighted by Gasteiger charge is 2.22. The van der Waals surface area contributed by atoms with Gasteiger partial charge in [-0.3, -0.25) is 4.79 Å². The lowest BCUT2D eigenvalue weighted by molar-refractivity contribution is 0.0977. The Bertz CT molecular complexity index is 1060. The SMILES string of the molecule is Cc1ccnc2nc(C(=O)N(CCc3ccccc3)c3ccccc3)nn12. The van der Waals surface area contributed by atoms with Crippen LogP contribution in [0.5, 0.6) is 0 Å². The summed E-state index contributed by atoms with van der Waals surface area (Å²) in [5.41, 5.74) is 2.87. The van der Waals surface area contributed by atoms with Gasteiger partial charge in [0.15, 0.2) is 0 Å². The van der Waals surface area contributed by atoms with Crippen molar-refractivity contribution in [3.05, 3.63) is 90.0 Å². The molecule has 0 spiro atoms. The summed E-state index contributed by atoms with van der Waals surface area (Å²) in [5.74, 6) is 0.338. The molecule has 0 N–H and O–H groups in total. The third kappa shape index (κ3) is 3.55. The number of aryl methyl sites for hydroxylation is 1. The van der Waals surface area contributed by atoms with Crippen molar-refractivity contribution < 1.29 is 4.79 Å². The molecular weight excluding hydrogens is 338 g/mol. The van der Waals surface area contributed by atoms with Crippen molar-refractivity contribution >= 4 is 17.4 Å². The van der Waals surface area contributed by atoms with Gasteiger partial charge in [0.05, 0.1) is 0 Å². The molecule has 0 saturated heterocycles. The first-order valence-corrected chi connectivity index (χ1v) is 8.81. The molecule has 0 aliphatic heterocycles. The summed E-state index contributed by atoms with van der Waals surface area (Å²) >= 11 is 0. The number of fused-ring (bicyclic) bond motifs is 1. The van der Waals surface area contributed by atoms with Crippen LogP contribution in [0.15, 0.2) is 72.9 Å². The quantitative estimate of drug-likeness (QED) is 0.550. The van der Waals surface area contributed by atoms with Crippen LogP contribution >= 0.6 is 0 Å². The molecule has 6 nitrogen and oxygen atoms in total. The van der Waals surface area contributed by atoms with Gasteiger partial charge in [0.1, 0.15) is 0 Å². The van der Waals surface area contributed by atoms with E-state index in [2.05, 4.69) is 27.2 Å². The Labute approximate surface area is 157 Å². The molecule has 0 aliphatic carbocycles. The predicted octanol–water partition coefficient (Wildman–Crippen LogP) is 3.32. The van der Waals surface area contributed by atoms with E-state index in [1.54, 1.807) is 15.6 Å². The molecule has 2 aromatic heterocycles. The van der Waals surface area contributed by atoms with E-state index < -0.39 is 0 Å². The summed E-state index contributed by atoms with van der Waals surface area (Å²) in [4.78, 5) is 23.4. The van der Waals surface area contributed by atoms with Crippen molar-refractivity contribution in [1.82, 2.24) is 19.6 Å². The lowest BCUT2D eigenvalue weighted by Gasteiger charge is -2.21. The van der Waals surface area contributed by atoms with Crippen LogP contribution in [0.25, 0.3) is 5.78 Å². The van der Waals surface area contributed by atoms with Crippen molar-refractivity contribution in [3.63, 3.8) is 0 Å². The first-order chi connectivity index (χ1) is 13.2. The van der Waals surface area contributed by atoms with E-state index in [1.807, 2.05) is 61.5 Å². The smallest absolute Gasteiger partial charge is 0.298 e. The maximum absolute atomic E-state index is 13.2. The number of para-hydroxylation sites is 1. The summed E-state index contributed by atoms with van der Waals surface area (Å²) in [6.07, 6.45) is 2.41. The molecule has 4 aromatic rings. The van der Waals surface area contributed by atoms with Crippen molar-refractivity contribution in [2.45, 2.75) is 13.3 Å². The van der Waals surface area contributed by atoms with Crippen LogP contribution in [0, 0.1) is 6.92 Å². The number of carbonyl (C=O) groups is 1. The van der Waals surface area contributed by atoms with Gasteiger partial charge in [-0.15, -0.1) is 5.10 Å². The molecule has 0 atom stereocenters. The largest absolute Gasteiger partial charge is 0.305 e. The number of anilines is 1. The second kappa shape index (κ2) is 7.37. The Hall–Kier alpha value is -3.54. The second-order valence-corrected chi connectivity index (χ2v) is 6.26. The van der Waals surface area contributed by atoms with Gasteiger partial charge >= 0.3 is 0 Å². The summed E-state index contributed by atoms with van der Waals surface area (Å²) in [6, 6.07) is 21.5. The van der Waals surface area contributed by atoms with Crippen molar-refractivity contribution in [1.29, 1.82) is 0 Å². The molecule has 0 radical (unpaired) electrons. The van der Waals surface area contributed by atoms with E-state index >= 15 is 0 Å². The van der Waals surface area contributed by atoms with Gasteiger partial charge in [0, 0.05) is 24.1 Å². The molecule has 0 saturated carbocycles. The Morgan fingerprint density at radius 2 is 1.70 bits per heavy atom. The topological polar surface area (TPSA) is 63.4 Å². The van der Waals surface area contributed by atoms with Gasteiger partial charge in [0.2, 0.25) is 5.82 Å². The minimum Gasteiger partial charge on any atom is -0.305 e. The highest BCUT2D eigenvalue weighted by atomic mass is 16.2. The van der Waals surface area contributed by atoms with E-state index in [4.69, 9.17) is 0 Å². The first kappa shape index (κ1) is 16.9. The minimum absolute atomic E-state index is 0.147. The fraction of sp³-hybridized carbons (Fsp3) is 0.143. The van der Waals surface area contributed by atoms with Crippen LogP contribution in [0.1, 0.15) is 21.9 Å². The number of hydrogen-bond donors (Lipinski definition) is 0. The zero-order valence-electron chi connectivity index (χ0n) is 15.0. The number of rotatable bonds is 5. The monoisotopic (exact) mass is 357 g/mol. The minimum atomic E-state index is -0.234. The Morgan fingerprint density at radius 3 is 2.41 bits per heavy atom. The first-order valence-electron chi connectivity index (χ1n) is 8.81. The summed E-state index contributed by atoms with van der Waals surface area (Å²) in [5, 5.41) is 4.37. The zero-order chi connectivity index (χ0) is 18.6. The maximum Gasteiger partial charge on any atom is 0.298 e. The van der Waals surface area contributed by atoms with Crippen LogP contribution in [0.3, 0.4) is 0 Å². The number of hydrogen-bond acceptors (Lipinski definition) is 4. The number of carbonyl (C=O) groups excluding carboxylic acids is 1. The summed E-state index contributed by atoms with van der Waals surface area (Å²) < 4.78 is 1.59. The maximum atomic E-state index is 13.2. The second-order valence-electron chi connectivity index (χ2n) is 6.26. The lowest BCUT2D eigenvalue weighted by Crippen LogP contribution is -2.33. The molecule has 2 heterocycles. The van der Waals surface area contributed by atoms with Crippen molar-refractivity contribution in [2.75, 3.05) is 11.4 Å². The molecule has 134 valence electrons. The number of aromatic nitrogens is 4. The summed E-state index contributed by atoms with van der Waals surface area (Å²) in [6.45, 7) is 2.44. The highest BCUT2D eigenvalue weighted by molar-refractivity contribution is 6.03. The lowest BCUT2D eigenvalue weighted by atomic mass is 10.1. The molecule has 0 unspecified atom stereocenters. The molecule has 0 aliphatic rings. The van der Waals surface area contributed by atoms with E-state index in [0.29, 0.717) is 12.3 Å². The highest BCUT2D eigenvalue weighted by Crippen LogP contribution is 2.17. The molecule has 0 fully saturated rings. The van der Waals surface area contributed by atoms with Crippen LogP contribution in [-0.2, 0) is 6.42 Å². The molecule has 6 heteroatoms.